The third-order valence-corrected chi connectivity index (χ3v) is 4.32. The molecule has 26 heavy (non-hydrogen) atoms. The number of amides is 1. The number of oxazole rings is 1. The maximum atomic E-state index is 12.4. The van der Waals surface area contributed by atoms with Gasteiger partial charge in [-0.15, -0.1) is 0 Å². The third-order valence-electron chi connectivity index (χ3n) is 4.32. The molecule has 4 heteroatoms. The van der Waals surface area contributed by atoms with Gasteiger partial charge in [0.05, 0.1) is 12.2 Å². The molecular weight excluding hydrogens is 324 g/mol. The van der Waals surface area contributed by atoms with E-state index in [0.29, 0.717) is 24.7 Å². The summed E-state index contributed by atoms with van der Waals surface area (Å²) in [7, 11) is 0. The van der Waals surface area contributed by atoms with Gasteiger partial charge in [-0.2, -0.15) is 0 Å². The van der Waals surface area contributed by atoms with Crippen LogP contribution in [0.4, 0.5) is 0 Å². The van der Waals surface area contributed by atoms with Crippen molar-refractivity contribution in [1.29, 1.82) is 0 Å². The van der Waals surface area contributed by atoms with Gasteiger partial charge < -0.3 is 9.73 Å². The van der Waals surface area contributed by atoms with E-state index < -0.39 is 0 Å². The first-order chi connectivity index (χ1) is 12.6. The normalized spacial score (nSPS) is 12.1. The highest BCUT2D eigenvalue weighted by atomic mass is 16.4. The number of aromatic nitrogens is 1. The maximum absolute atomic E-state index is 12.4. The van der Waals surface area contributed by atoms with E-state index >= 15 is 0 Å². The summed E-state index contributed by atoms with van der Waals surface area (Å²) in [5.41, 5.74) is 2.11. The van der Waals surface area contributed by atoms with Crippen LogP contribution in [0.25, 0.3) is 11.3 Å². The van der Waals surface area contributed by atoms with Crippen molar-refractivity contribution in [2.45, 2.75) is 32.7 Å². The van der Waals surface area contributed by atoms with Gasteiger partial charge in [-0.3, -0.25) is 4.79 Å². The lowest BCUT2D eigenvalue weighted by Crippen LogP contribution is -2.31. The smallest absolute Gasteiger partial charge is 0.221 e. The first-order valence-electron chi connectivity index (χ1n) is 8.98. The fraction of sp³-hybridized carbons (Fsp3) is 0.273. The summed E-state index contributed by atoms with van der Waals surface area (Å²) in [5.74, 6) is 1.63. The Bertz CT molecular complexity index is 826. The van der Waals surface area contributed by atoms with Crippen LogP contribution in [0.15, 0.2) is 71.3 Å². The van der Waals surface area contributed by atoms with Crippen LogP contribution in [0.5, 0.6) is 0 Å². The van der Waals surface area contributed by atoms with Crippen LogP contribution in [-0.2, 0) is 11.2 Å². The summed E-state index contributed by atoms with van der Waals surface area (Å²) in [5, 5.41) is 3.13. The Hall–Kier alpha value is -2.88. The zero-order valence-corrected chi connectivity index (χ0v) is 15.2. The minimum absolute atomic E-state index is 0.00649. The zero-order chi connectivity index (χ0) is 18.4. The van der Waals surface area contributed by atoms with E-state index in [0.717, 1.165) is 16.9 Å². The van der Waals surface area contributed by atoms with Gasteiger partial charge >= 0.3 is 0 Å². The second kappa shape index (κ2) is 8.48. The van der Waals surface area contributed by atoms with Crippen molar-refractivity contribution in [2.75, 3.05) is 0 Å². The summed E-state index contributed by atoms with van der Waals surface area (Å²) < 4.78 is 5.77. The van der Waals surface area contributed by atoms with Crippen LogP contribution >= 0.6 is 0 Å². The van der Waals surface area contributed by atoms with E-state index in [1.807, 2.05) is 60.7 Å². The minimum Gasteiger partial charge on any atom is -0.441 e. The lowest BCUT2D eigenvalue weighted by Gasteiger charge is -2.22. The molecule has 4 nitrogen and oxygen atoms in total. The molecule has 1 atom stereocenters. The molecule has 0 aliphatic carbocycles. The molecule has 0 radical (unpaired) electrons. The topological polar surface area (TPSA) is 55.1 Å². The number of hydrogen-bond donors (Lipinski definition) is 1. The summed E-state index contributed by atoms with van der Waals surface area (Å²) in [4.78, 5) is 16.7. The standard InChI is InChI=1S/C22H24N2O2/c1-16(2)22(18-11-7-4-8-12-18)24-20(25)13-14-21-23-15-19(26-21)17-9-5-3-6-10-17/h3-12,15-16,22H,13-14H2,1-2H3,(H,24,25). The molecule has 1 unspecified atom stereocenters. The van der Waals surface area contributed by atoms with Gasteiger partial charge in [-0.05, 0) is 11.5 Å². The molecule has 1 aromatic heterocycles. The van der Waals surface area contributed by atoms with Crippen molar-refractivity contribution in [1.82, 2.24) is 10.3 Å². The highest BCUT2D eigenvalue weighted by Crippen LogP contribution is 2.22. The van der Waals surface area contributed by atoms with E-state index in [1.54, 1.807) is 6.20 Å². The predicted octanol–water partition coefficient (Wildman–Crippen LogP) is 4.79. The Balaban J connectivity index is 1.58. The van der Waals surface area contributed by atoms with Crippen molar-refractivity contribution in [2.24, 2.45) is 5.92 Å². The molecule has 0 fully saturated rings. The van der Waals surface area contributed by atoms with Gasteiger partial charge in [0, 0.05) is 18.4 Å². The van der Waals surface area contributed by atoms with Crippen LogP contribution in [0, 0.1) is 5.92 Å². The number of carbonyl (C=O) groups excluding carboxylic acids is 1. The number of carbonyl (C=O) groups is 1. The van der Waals surface area contributed by atoms with Crippen LogP contribution in [0.3, 0.4) is 0 Å². The van der Waals surface area contributed by atoms with Gasteiger partial charge in [0.25, 0.3) is 0 Å². The minimum atomic E-state index is 0.00649. The molecule has 0 bridgehead atoms. The van der Waals surface area contributed by atoms with Crippen molar-refractivity contribution in [3.8, 4) is 11.3 Å². The second-order valence-corrected chi connectivity index (χ2v) is 6.68. The summed E-state index contributed by atoms with van der Waals surface area (Å²) in [6.07, 6.45) is 2.55. The van der Waals surface area contributed by atoms with E-state index in [2.05, 4.69) is 24.1 Å². The summed E-state index contributed by atoms with van der Waals surface area (Å²) in [6.45, 7) is 4.22. The van der Waals surface area contributed by atoms with Gasteiger partial charge in [0.1, 0.15) is 0 Å². The third kappa shape index (κ3) is 4.60. The number of rotatable bonds is 7. The molecule has 1 heterocycles. The van der Waals surface area contributed by atoms with Crippen LogP contribution in [0.1, 0.15) is 37.8 Å². The van der Waals surface area contributed by atoms with Crippen LogP contribution in [0.2, 0.25) is 0 Å². The second-order valence-electron chi connectivity index (χ2n) is 6.68. The molecular formula is C22H24N2O2. The van der Waals surface area contributed by atoms with Crippen molar-refractivity contribution in [3.63, 3.8) is 0 Å². The molecule has 1 amide bonds. The Kier molecular flexibility index (Phi) is 5.84. The van der Waals surface area contributed by atoms with Gasteiger partial charge in [0.15, 0.2) is 11.7 Å². The predicted molar refractivity (Wildman–Crippen MR) is 102 cm³/mol. The van der Waals surface area contributed by atoms with Crippen molar-refractivity contribution >= 4 is 5.91 Å². The fourth-order valence-corrected chi connectivity index (χ4v) is 2.92. The molecule has 0 saturated heterocycles. The van der Waals surface area contributed by atoms with E-state index in [4.69, 9.17) is 4.42 Å². The number of nitrogens with zero attached hydrogens (tertiary/aromatic N) is 1. The highest BCUT2D eigenvalue weighted by molar-refractivity contribution is 5.76. The first kappa shape index (κ1) is 17.9. The molecule has 0 spiro atoms. The van der Waals surface area contributed by atoms with Crippen LogP contribution < -0.4 is 5.32 Å². The largest absolute Gasteiger partial charge is 0.441 e. The van der Waals surface area contributed by atoms with E-state index in [1.165, 1.54) is 0 Å². The lowest BCUT2D eigenvalue weighted by molar-refractivity contribution is -0.122. The number of hydrogen-bond acceptors (Lipinski definition) is 3. The Morgan fingerprint density at radius 1 is 1.04 bits per heavy atom. The molecule has 1 N–H and O–H groups in total. The molecule has 0 aliphatic rings. The quantitative estimate of drug-likeness (QED) is 0.668. The number of nitrogens with one attached hydrogen (secondary N) is 1. The molecule has 2 aromatic carbocycles. The molecule has 3 aromatic rings. The molecule has 0 saturated carbocycles. The highest BCUT2D eigenvalue weighted by Gasteiger charge is 2.18. The lowest BCUT2D eigenvalue weighted by atomic mass is 9.96. The van der Waals surface area contributed by atoms with E-state index in [9.17, 15) is 4.79 Å². The fourth-order valence-electron chi connectivity index (χ4n) is 2.92. The SMILES string of the molecule is CC(C)C(NC(=O)CCc1ncc(-c2ccccc2)o1)c1ccccc1. The number of benzene rings is 2. The molecule has 134 valence electrons. The van der Waals surface area contributed by atoms with Gasteiger partial charge in [-0.1, -0.05) is 74.5 Å². The zero-order valence-electron chi connectivity index (χ0n) is 15.2. The van der Waals surface area contributed by atoms with Gasteiger partial charge in [-0.25, -0.2) is 4.98 Å². The monoisotopic (exact) mass is 348 g/mol. The molecule has 0 aliphatic heterocycles. The maximum Gasteiger partial charge on any atom is 0.221 e. The first-order valence-corrected chi connectivity index (χ1v) is 8.98. The Labute approximate surface area is 154 Å². The number of aryl methyl sites for hydroxylation is 1. The van der Waals surface area contributed by atoms with Gasteiger partial charge in [0.2, 0.25) is 5.91 Å². The van der Waals surface area contributed by atoms with Crippen molar-refractivity contribution < 1.29 is 9.21 Å². The van der Waals surface area contributed by atoms with Crippen LogP contribution in [-0.4, -0.2) is 10.9 Å². The average Bonchev–Trinajstić information content (AvgIpc) is 3.15. The average molecular weight is 348 g/mol. The molecule has 3 rings (SSSR count). The summed E-state index contributed by atoms with van der Waals surface area (Å²) >= 11 is 0. The Morgan fingerprint density at radius 2 is 1.69 bits per heavy atom. The van der Waals surface area contributed by atoms with Crippen molar-refractivity contribution in [3.05, 3.63) is 78.3 Å². The Morgan fingerprint density at radius 3 is 2.35 bits per heavy atom. The summed E-state index contributed by atoms with van der Waals surface area (Å²) in [6, 6.07) is 19.9. The van der Waals surface area contributed by atoms with E-state index in [-0.39, 0.29) is 11.9 Å².